The first-order valence-corrected chi connectivity index (χ1v) is 6.63. The normalized spacial score (nSPS) is 10.3. The minimum absolute atomic E-state index is 0.446. The molecule has 1 aromatic heterocycles. The quantitative estimate of drug-likeness (QED) is 0.906. The summed E-state index contributed by atoms with van der Waals surface area (Å²) in [6, 6.07) is 5.86. The van der Waals surface area contributed by atoms with E-state index in [-0.39, 0.29) is 0 Å². The minimum atomic E-state index is 0.446. The smallest absolute Gasteiger partial charge is 0.227 e. The zero-order chi connectivity index (χ0) is 14.5. The second kappa shape index (κ2) is 6.23. The Kier molecular flexibility index (Phi) is 4.40. The van der Waals surface area contributed by atoms with Crippen LogP contribution in [0.1, 0.15) is 25.0 Å². The standard InChI is InChI=1S/C15H19N3O2/c1-4-10-6-7-12(13(8-10)19-3)20-15-11(5-2)14(16)17-9-18-15/h6-9H,4-5H2,1-3H3,(H2,16,17,18). The van der Waals surface area contributed by atoms with Crippen LogP contribution in [0, 0.1) is 0 Å². The Morgan fingerprint density at radius 2 is 1.90 bits per heavy atom. The van der Waals surface area contributed by atoms with Crippen LogP contribution in [0.15, 0.2) is 24.5 Å². The molecule has 1 aromatic carbocycles. The molecule has 0 saturated heterocycles. The summed E-state index contributed by atoms with van der Waals surface area (Å²) < 4.78 is 11.2. The number of anilines is 1. The van der Waals surface area contributed by atoms with Gasteiger partial charge in [-0.15, -0.1) is 0 Å². The van der Waals surface area contributed by atoms with E-state index in [0.717, 1.165) is 12.0 Å². The van der Waals surface area contributed by atoms with Gasteiger partial charge in [-0.3, -0.25) is 0 Å². The predicted molar refractivity (Wildman–Crippen MR) is 78.3 cm³/mol. The summed E-state index contributed by atoms with van der Waals surface area (Å²) in [5.41, 5.74) is 7.83. The van der Waals surface area contributed by atoms with E-state index in [9.17, 15) is 0 Å². The van der Waals surface area contributed by atoms with Gasteiger partial charge in [0.05, 0.1) is 12.7 Å². The molecule has 1 heterocycles. The first-order valence-electron chi connectivity index (χ1n) is 6.63. The highest BCUT2D eigenvalue weighted by Crippen LogP contribution is 2.33. The van der Waals surface area contributed by atoms with Crippen molar-refractivity contribution in [1.29, 1.82) is 0 Å². The van der Waals surface area contributed by atoms with Gasteiger partial charge in [0.25, 0.3) is 0 Å². The van der Waals surface area contributed by atoms with Crippen molar-refractivity contribution >= 4 is 5.82 Å². The Labute approximate surface area is 118 Å². The highest BCUT2D eigenvalue weighted by Gasteiger charge is 2.12. The van der Waals surface area contributed by atoms with E-state index >= 15 is 0 Å². The lowest BCUT2D eigenvalue weighted by Gasteiger charge is -2.13. The van der Waals surface area contributed by atoms with Crippen LogP contribution in [0.2, 0.25) is 0 Å². The molecule has 2 N–H and O–H groups in total. The van der Waals surface area contributed by atoms with Gasteiger partial charge in [-0.25, -0.2) is 9.97 Å². The van der Waals surface area contributed by atoms with Crippen molar-refractivity contribution in [2.45, 2.75) is 26.7 Å². The third kappa shape index (κ3) is 2.82. The predicted octanol–water partition coefficient (Wildman–Crippen LogP) is 2.98. The van der Waals surface area contributed by atoms with Crippen LogP contribution in [0.4, 0.5) is 5.82 Å². The lowest BCUT2D eigenvalue weighted by Crippen LogP contribution is -2.02. The fourth-order valence-electron chi connectivity index (χ4n) is 1.95. The van der Waals surface area contributed by atoms with E-state index in [1.807, 2.05) is 25.1 Å². The molecule has 20 heavy (non-hydrogen) atoms. The van der Waals surface area contributed by atoms with Gasteiger partial charge >= 0.3 is 0 Å². The molecule has 0 radical (unpaired) electrons. The van der Waals surface area contributed by atoms with Crippen LogP contribution in [-0.2, 0) is 12.8 Å². The molecule has 2 aromatic rings. The summed E-state index contributed by atoms with van der Waals surface area (Å²) in [5, 5.41) is 0. The molecule has 0 saturated carbocycles. The summed E-state index contributed by atoms with van der Waals surface area (Å²) in [7, 11) is 1.62. The molecule has 0 aliphatic heterocycles. The van der Waals surface area contributed by atoms with E-state index in [2.05, 4.69) is 16.9 Å². The minimum Gasteiger partial charge on any atom is -0.493 e. The molecule has 0 aliphatic rings. The molecule has 2 rings (SSSR count). The van der Waals surface area contributed by atoms with E-state index in [4.69, 9.17) is 15.2 Å². The maximum atomic E-state index is 5.85. The second-order valence-electron chi connectivity index (χ2n) is 4.34. The number of aryl methyl sites for hydroxylation is 1. The van der Waals surface area contributed by atoms with Crippen molar-refractivity contribution in [2.24, 2.45) is 0 Å². The lowest BCUT2D eigenvalue weighted by atomic mass is 10.1. The highest BCUT2D eigenvalue weighted by atomic mass is 16.5. The van der Waals surface area contributed by atoms with Gasteiger partial charge in [0.2, 0.25) is 5.88 Å². The number of nitrogen functional groups attached to an aromatic ring is 1. The summed E-state index contributed by atoms with van der Waals surface area (Å²) in [5.74, 6) is 2.23. The average Bonchev–Trinajstić information content (AvgIpc) is 2.48. The molecule has 5 nitrogen and oxygen atoms in total. The molecule has 0 bridgehead atoms. The van der Waals surface area contributed by atoms with Gasteiger partial charge < -0.3 is 15.2 Å². The largest absolute Gasteiger partial charge is 0.493 e. The number of ether oxygens (including phenoxy) is 2. The van der Waals surface area contributed by atoms with Gasteiger partial charge in [-0.2, -0.15) is 0 Å². The van der Waals surface area contributed by atoms with E-state index in [0.29, 0.717) is 29.6 Å². The Morgan fingerprint density at radius 3 is 2.55 bits per heavy atom. The molecule has 106 valence electrons. The maximum absolute atomic E-state index is 5.85. The van der Waals surface area contributed by atoms with Gasteiger partial charge in [-0.05, 0) is 30.5 Å². The Morgan fingerprint density at radius 1 is 1.10 bits per heavy atom. The molecule has 0 atom stereocenters. The topological polar surface area (TPSA) is 70.3 Å². The fraction of sp³-hybridized carbons (Fsp3) is 0.333. The van der Waals surface area contributed by atoms with E-state index in [1.165, 1.54) is 11.9 Å². The average molecular weight is 273 g/mol. The van der Waals surface area contributed by atoms with Crippen LogP contribution >= 0.6 is 0 Å². The van der Waals surface area contributed by atoms with Gasteiger partial charge in [0.1, 0.15) is 12.1 Å². The fourth-order valence-corrected chi connectivity index (χ4v) is 1.95. The zero-order valence-electron chi connectivity index (χ0n) is 12.0. The number of rotatable bonds is 5. The van der Waals surface area contributed by atoms with E-state index < -0.39 is 0 Å². The van der Waals surface area contributed by atoms with Gasteiger partial charge in [0.15, 0.2) is 11.5 Å². The van der Waals surface area contributed by atoms with Crippen LogP contribution in [0.3, 0.4) is 0 Å². The number of hydrogen-bond acceptors (Lipinski definition) is 5. The van der Waals surface area contributed by atoms with Crippen molar-refractivity contribution in [1.82, 2.24) is 9.97 Å². The summed E-state index contributed by atoms with van der Waals surface area (Å²) in [6.07, 6.45) is 3.05. The highest BCUT2D eigenvalue weighted by molar-refractivity contribution is 5.49. The van der Waals surface area contributed by atoms with Crippen molar-refractivity contribution in [3.05, 3.63) is 35.7 Å². The third-order valence-electron chi connectivity index (χ3n) is 3.14. The molecule has 0 aliphatic carbocycles. The molecular weight excluding hydrogens is 254 g/mol. The number of nitrogens with zero attached hydrogens (tertiary/aromatic N) is 2. The van der Waals surface area contributed by atoms with Crippen LogP contribution in [0.5, 0.6) is 17.4 Å². The van der Waals surface area contributed by atoms with Crippen LogP contribution in [-0.4, -0.2) is 17.1 Å². The molecule has 0 spiro atoms. The SMILES string of the molecule is CCc1ccc(Oc2ncnc(N)c2CC)c(OC)c1. The number of methoxy groups -OCH3 is 1. The van der Waals surface area contributed by atoms with E-state index in [1.54, 1.807) is 7.11 Å². The lowest BCUT2D eigenvalue weighted by molar-refractivity contribution is 0.372. The van der Waals surface area contributed by atoms with Crippen molar-refractivity contribution < 1.29 is 9.47 Å². The number of hydrogen-bond donors (Lipinski definition) is 1. The van der Waals surface area contributed by atoms with Crippen LogP contribution in [0.25, 0.3) is 0 Å². The number of benzene rings is 1. The van der Waals surface area contributed by atoms with Crippen molar-refractivity contribution in [3.63, 3.8) is 0 Å². The Bertz CT molecular complexity index is 600. The van der Waals surface area contributed by atoms with Gasteiger partial charge in [-0.1, -0.05) is 19.9 Å². The van der Waals surface area contributed by atoms with Crippen molar-refractivity contribution in [3.8, 4) is 17.4 Å². The summed E-state index contributed by atoms with van der Waals surface area (Å²) in [6.45, 7) is 4.08. The van der Waals surface area contributed by atoms with Gasteiger partial charge in [0, 0.05) is 0 Å². The Balaban J connectivity index is 2.37. The third-order valence-corrected chi connectivity index (χ3v) is 3.14. The number of nitrogens with two attached hydrogens (primary N) is 1. The maximum Gasteiger partial charge on any atom is 0.227 e. The van der Waals surface area contributed by atoms with Crippen LogP contribution < -0.4 is 15.2 Å². The monoisotopic (exact) mass is 273 g/mol. The number of aromatic nitrogens is 2. The second-order valence-corrected chi connectivity index (χ2v) is 4.34. The summed E-state index contributed by atoms with van der Waals surface area (Å²) in [4.78, 5) is 8.13. The molecule has 0 fully saturated rings. The summed E-state index contributed by atoms with van der Waals surface area (Å²) >= 11 is 0. The zero-order valence-corrected chi connectivity index (χ0v) is 12.0. The molecular formula is C15H19N3O2. The van der Waals surface area contributed by atoms with Crippen molar-refractivity contribution in [2.75, 3.05) is 12.8 Å². The molecule has 5 heteroatoms. The Hall–Kier alpha value is -2.30. The molecule has 0 amide bonds. The molecule has 0 unspecified atom stereocenters. The first kappa shape index (κ1) is 14.1. The first-order chi connectivity index (χ1) is 9.69.